The Morgan fingerprint density at radius 2 is 2.03 bits per heavy atom. The molecule has 0 bridgehead atoms. The highest BCUT2D eigenvalue weighted by molar-refractivity contribution is 5.94. The Balaban J connectivity index is 0.00000150. The van der Waals surface area contributed by atoms with Crippen LogP contribution in [0.1, 0.15) is 35.9 Å². The fraction of sp³-hybridized carbons (Fsp3) is 0.400. The molecular formula is C20H26Cl2N6O. The molecule has 3 aromatic rings. The van der Waals surface area contributed by atoms with Crippen molar-refractivity contribution in [2.75, 3.05) is 13.1 Å². The van der Waals surface area contributed by atoms with E-state index in [0.29, 0.717) is 24.7 Å². The van der Waals surface area contributed by atoms with Gasteiger partial charge in [-0.2, -0.15) is 0 Å². The monoisotopic (exact) mass is 436 g/mol. The van der Waals surface area contributed by atoms with Crippen LogP contribution in [0.5, 0.6) is 0 Å². The number of nitrogens with zero attached hydrogens (tertiary/aromatic N) is 5. The highest BCUT2D eigenvalue weighted by atomic mass is 35.5. The molecule has 1 amide bonds. The Labute approximate surface area is 182 Å². The van der Waals surface area contributed by atoms with Crippen LogP contribution in [0.15, 0.2) is 36.5 Å². The standard InChI is InChI=1S/C20H24N6O.2ClH/c1-13-8-10-25(15(11-13)12-21)20(27)19-14(2)26(24-23-19)18-7-3-6-17-16(18)5-4-9-22-17;;/h3-7,9,13,15H,8,10-12,21H2,1-2H3;2*1H. The maximum Gasteiger partial charge on any atom is 0.276 e. The molecule has 156 valence electrons. The molecule has 4 rings (SSSR count). The lowest BCUT2D eigenvalue weighted by Crippen LogP contribution is -2.49. The number of amides is 1. The number of nitrogens with two attached hydrogens (primary N) is 1. The van der Waals surface area contributed by atoms with Crippen molar-refractivity contribution in [1.29, 1.82) is 0 Å². The molecule has 1 saturated heterocycles. The van der Waals surface area contributed by atoms with Crippen LogP contribution in [0.4, 0.5) is 0 Å². The third kappa shape index (κ3) is 4.22. The van der Waals surface area contributed by atoms with E-state index >= 15 is 0 Å². The second kappa shape index (κ2) is 9.52. The van der Waals surface area contributed by atoms with E-state index in [1.165, 1.54) is 0 Å². The van der Waals surface area contributed by atoms with E-state index in [0.717, 1.165) is 35.1 Å². The summed E-state index contributed by atoms with van der Waals surface area (Å²) in [7, 11) is 0. The molecule has 2 aromatic heterocycles. The van der Waals surface area contributed by atoms with E-state index < -0.39 is 0 Å². The van der Waals surface area contributed by atoms with Crippen molar-refractivity contribution < 1.29 is 4.79 Å². The molecule has 9 heteroatoms. The molecule has 1 aliphatic rings. The summed E-state index contributed by atoms with van der Waals surface area (Å²) in [5.74, 6) is 0.502. The molecule has 29 heavy (non-hydrogen) atoms. The van der Waals surface area contributed by atoms with Crippen molar-refractivity contribution in [2.45, 2.75) is 32.7 Å². The van der Waals surface area contributed by atoms with Gasteiger partial charge >= 0.3 is 0 Å². The van der Waals surface area contributed by atoms with Gasteiger partial charge in [-0.15, -0.1) is 29.9 Å². The number of hydrogen-bond donors (Lipinski definition) is 1. The Morgan fingerprint density at radius 3 is 2.79 bits per heavy atom. The van der Waals surface area contributed by atoms with Gasteiger partial charge in [-0.1, -0.05) is 18.2 Å². The van der Waals surface area contributed by atoms with Crippen molar-refractivity contribution in [2.24, 2.45) is 11.7 Å². The van der Waals surface area contributed by atoms with Crippen LogP contribution in [0.3, 0.4) is 0 Å². The third-order valence-electron chi connectivity index (χ3n) is 5.46. The van der Waals surface area contributed by atoms with Crippen LogP contribution in [-0.4, -0.2) is 49.9 Å². The number of carbonyl (C=O) groups is 1. The van der Waals surface area contributed by atoms with Gasteiger partial charge in [-0.05, 0) is 49.9 Å². The number of fused-ring (bicyclic) bond motifs is 1. The number of benzene rings is 1. The molecule has 1 fully saturated rings. The largest absolute Gasteiger partial charge is 0.333 e. The Bertz CT molecular complexity index is 987. The molecule has 2 atom stereocenters. The zero-order valence-electron chi connectivity index (χ0n) is 16.5. The van der Waals surface area contributed by atoms with Crippen molar-refractivity contribution >= 4 is 41.6 Å². The zero-order valence-corrected chi connectivity index (χ0v) is 18.1. The van der Waals surface area contributed by atoms with E-state index in [2.05, 4.69) is 22.2 Å². The lowest BCUT2D eigenvalue weighted by molar-refractivity contribution is 0.0566. The Hall–Kier alpha value is -2.22. The van der Waals surface area contributed by atoms with E-state index in [-0.39, 0.29) is 36.8 Å². The zero-order chi connectivity index (χ0) is 19.0. The molecule has 3 heterocycles. The molecule has 1 aliphatic heterocycles. The third-order valence-corrected chi connectivity index (χ3v) is 5.46. The number of carbonyl (C=O) groups excluding carboxylic acids is 1. The van der Waals surface area contributed by atoms with Gasteiger partial charge in [-0.25, -0.2) is 4.68 Å². The Morgan fingerprint density at radius 1 is 1.24 bits per heavy atom. The summed E-state index contributed by atoms with van der Waals surface area (Å²) in [6.45, 7) is 5.28. The number of aromatic nitrogens is 4. The molecule has 0 aliphatic carbocycles. The minimum Gasteiger partial charge on any atom is -0.333 e. The van der Waals surface area contributed by atoms with Gasteiger partial charge in [0.2, 0.25) is 0 Å². The molecule has 1 aromatic carbocycles. The van der Waals surface area contributed by atoms with Gasteiger partial charge in [-0.3, -0.25) is 9.78 Å². The Kier molecular flexibility index (Phi) is 7.57. The van der Waals surface area contributed by atoms with Crippen LogP contribution in [0, 0.1) is 12.8 Å². The maximum atomic E-state index is 13.1. The number of halogens is 2. The summed E-state index contributed by atoms with van der Waals surface area (Å²) in [6.07, 6.45) is 3.69. The summed E-state index contributed by atoms with van der Waals surface area (Å²) in [4.78, 5) is 19.4. The molecule has 0 saturated carbocycles. The van der Waals surface area contributed by atoms with Crippen molar-refractivity contribution in [3.63, 3.8) is 0 Å². The lowest BCUT2D eigenvalue weighted by Gasteiger charge is -2.37. The van der Waals surface area contributed by atoms with Crippen molar-refractivity contribution in [3.05, 3.63) is 47.9 Å². The van der Waals surface area contributed by atoms with Crippen molar-refractivity contribution in [3.8, 4) is 5.69 Å². The molecule has 2 N–H and O–H groups in total. The number of hydrogen-bond acceptors (Lipinski definition) is 5. The van der Waals surface area contributed by atoms with Crippen LogP contribution >= 0.6 is 24.8 Å². The fourth-order valence-corrected chi connectivity index (χ4v) is 3.91. The second-order valence-electron chi connectivity index (χ2n) is 7.30. The van der Waals surface area contributed by atoms with Crippen LogP contribution < -0.4 is 5.73 Å². The normalized spacial score (nSPS) is 18.8. The quantitative estimate of drug-likeness (QED) is 0.680. The van der Waals surface area contributed by atoms with E-state index in [9.17, 15) is 4.79 Å². The topological polar surface area (TPSA) is 89.9 Å². The van der Waals surface area contributed by atoms with E-state index in [1.807, 2.05) is 42.2 Å². The summed E-state index contributed by atoms with van der Waals surface area (Å²) in [6, 6.07) is 9.81. The van der Waals surface area contributed by atoms with Crippen LogP contribution in [-0.2, 0) is 0 Å². The van der Waals surface area contributed by atoms with Gasteiger partial charge in [0.25, 0.3) is 5.91 Å². The summed E-state index contributed by atoms with van der Waals surface area (Å²) >= 11 is 0. The van der Waals surface area contributed by atoms with Gasteiger partial charge in [0.05, 0.1) is 16.9 Å². The smallest absolute Gasteiger partial charge is 0.276 e. The van der Waals surface area contributed by atoms with Gasteiger partial charge in [0, 0.05) is 30.7 Å². The summed E-state index contributed by atoms with van der Waals surface area (Å²) in [5.41, 5.74) is 8.79. The molecule has 0 radical (unpaired) electrons. The number of piperidine rings is 1. The summed E-state index contributed by atoms with van der Waals surface area (Å²) in [5, 5.41) is 9.47. The van der Waals surface area contributed by atoms with Crippen LogP contribution in [0.2, 0.25) is 0 Å². The molecule has 0 spiro atoms. The average Bonchev–Trinajstić information content (AvgIpc) is 3.08. The second-order valence-corrected chi connectivity index (χ2v) is 7.30. The SMILES string of the molecule is Cc1c(C(=O)N2CCC(C)CC2CN)nnn1-c1cccc2ncccc12.Cl.Cl. The molecular weight excluding hydrogens is 411 g/mol. The first-order valence-corrected chi connectivity index (χ1v) is 9.37. The minimum absolute atomic E-state index is 0. The molecule has 7 nitrogen and oxygen atoms in total. The highest BCUT2D eigenvalue weighted by Gasteiger charge is 2.32. The average molecular weight is 437 g/mol. The highest BCUT2D eigenvalue weighted by Crippen LogP contribution is 2.26. The molecule has 2 unspecified atom stereocenters. The van der Waals surface area contributed by atoms with Gasteiger partial charge < -0.3 is 10.6 Å². The first kappa shape index (κ1) is 23.1. The van der Waals surface area contributed by atoms with Gasteiger partial charge in [0.1, 0.15) is 0 Å². The van der Waals surface area contributed by atoms with E-state index in [1.54, 1.807) is 10.9 Å². The summed E-state index contributed by atoms with van der Waals surface area (Å²) < 4.78 is 1.72. The first-order chi connectivity index (χ1) is 13.1. The van der Waals surface area contributed by atoms with E-state index in [4.69, 9.17) is 5.73 Å². The predicted molar refractivity (Wildman–Crippen MR) is 118 cm³/mol. The number of likely N-dealkylation sites (tertiary alicyclic amines) is 1. The first-order valence-electron chi connectivity index (χ1n) is 9.37. The van der Waals surface area contributed by atoms with Gasteiger partial charge in [0.15, 0.2) is 5.69 Å². The predicted octanol–water partition coefficient (Wildman–Crippen LogP) is 3.17. The fourth-order valence-electron chi connectivity index (χ4n) is 3.91. The minimum atomic E-state index is -0.0838. The maximum absolute atomic E-state index is 13.1. The number of pyridine rings is 1. The van der Waals surface area contributed by atoms with Crippen molar-refractivity contribution in [1.82, 2.24) is 24.9 Å². The van der Waals surface area contributed by atoms with Crippen LogP contribution in [0.25, 0.3) is 16.6 Å². The number of rotatable bonds is 3. The lowest BCUT2D eigenvalue weighted by atomic mass is 9.92.